The number of methoxy groups -OCH3 is 2. The average Bonchev–Trinajstić information content (AvgIpc) is 3.40. The summed E-state index contributed by atoms with van der Waals surface area (Å²) in [5.74, 6) is 1.37. The molecule has 3 rings (SSSR count). The molecule has 0 spiro atoms. The molecule has 0 radical (unpaired) electrons. The molecule has 0 unspecified atom stereocenters. The van der Waals surface area contributed by atoms with Crippen LogP contribution in [0.5, 0.6) is 11.5 Å². The minimum absolute atomic E-state index is 0. The molecule has 1 amide bonds. The minimum atomic E-state index is -0.0286. The van der Waals surface area contributed by atoms with Crippen molar-refractivity contribution in [3.8, 4) is 11.5 Å². The number of hydrogen-bond donors (Lipinski definition) is 0. The lowest BCUT2D eigenvalue weighted by Crippen LogP contribution is -2.38. The van der Waals surface area contributed by atoms with E-state index < -0.39 is 0 Å². The van der Waals surface area contributed by atoms with Gasteiger partial charge in [0.15, 0.2) is 5.13 Å². The molecule has 2 heterocycles. The van der Waals surface area contributed by atoms with Crippen molar-refractivity contribution in [1.29, 1.82) is 0 Å². The summed E-state index contributed by atoms with van der Waals surface area (Å²) in [6.45, 7) is 7.50. The van der Waals surface area contributed by atoms with Gasteiger partial charge in [-0.2, -0.15) is 0 Å². The molecular weight excluding hydrogens is 430 g/mol. The van der Waals surface area contributed by atoms with Crippen molar-refractivity contribution in [3.05, 3.63) is 34.5 Å². The molecular formula is C20H26ClN3O3S2. The Balaban J connectivity index is 0.00000300. The Morgan fingerprint density at radius 3 is 2.34 bits per heavy atom. The highest BCUT2D eigenvalue weighted by Crippen LogP contribution is 2.40. The molecule has 3 aromatic rings. The molecule has 6 nitrogen and oxygen atoms in total. The number of hydrogen-bond acceptors (Lipinski definition) is 7. The van der Waals surface area contributed by atoms with Crippen molar-refractivity contribution in [2.24, 2.45) is 0 Å². The second kappa shape index (κ2) is 10.8. The van der Waals surface area contributed by atoms with Crippen molar-refractivity contribution in [2.45, 2.75) is 13.8 Å². The fourth-order valence-electron chi connectivity index (χ4n) is 2.99. The maximum absolute atomic E-state index is 13.2. The normalized spacial score (nSPS) is 10.8. The van der Waals surface area contributed by atoms with Crippen LogP contribution in [-0.4, -0.2) is 56.2 Å². The number of thiophene rings is 1. The smallest absolute Gasteiger partial charge is 0.270 e. The number of likely N-dealkylation sites (N-methyl/N-ethyl adjacent to an activating group) is 1. The fourth-order valence-corrected chi connectivity index (χ4v) is 4.76. The number of fused-ring (bicyclic) bond motifs is 1. The molecule has 29 heavy (non-hydrogen) atoms. The number of nitrogens with zero attached hydrogens (tertiary/aromatic N) is 3. The predicted molar refractivity (Wildman–Crippen MR) is 124 cm³/mol. The summed E-state index contributed by atoms with van der Waals surface area (Å²) in [4.78, 5) is 22.7. The third-order valence-electron chi connectivity index (χ3n) is 4.64. The number of halogens is 1. The molecule has 1 aromatic carbocycles. The third kappa shape index (κ3) is 5.01. The van der Waals surface area contributed by atoms with Gasteiger partial charge in [0, 0.05) is 13.1 Å². The summed E-state index contributed by atoms with van der Waals surface area (Å²) < 4.78 is 11.8. The number of ether oxygens (including phenoxy) is 2. The summed E-state index contributed by atoms with van der Waals surface area (Å²) in [6.07, 6.45) is 0. The van der Waals surface area contributed by atoms with Crippen LogP contribution < -0.4 is 14.4 Å². The summed E-state index contributed by atoms with van der Waals surface area (Å²) in [5.41, 5.74) is 0.716. The number of benzene rings is 1. The summed E-state index contributed by atoms with van der Waals surface area (Å²) in [7, 11) is 3.25. The lowest BCUT2D eigenvalue weighted by molar-refractivity contribution is 0.0987. The van der Waals surface area contributed by atoms with Crippen LogP contribution >= 0.6 is 35.1 Å². The van der Waals surface area contributed by atoms with E-state index in [4.69, 9.17) is 14.5 Å². The third-order valence-corrected chi connectivity index (χ3v) is 6.59. The molecule has 0 aliphatic rings. The quantitative estimate of drug-likeness (QED) is 0.464. The van der Waals surface area contributed by atoms with Gasteiger partial charge in [-0.25, -0.2) is 4.98 Å². The van der Waals surface area contributed by atoms with Crippen molar-refractivity contribution in [3.63, 3.8) is 0 Å². The first-order valence-electron chi connectivity index (χ1n) is 9.22. The molecule has 9 heteroatoms. The van der Waals surface area contributed by atoms with Gasteiger partial charge in [-0.1, -0.05) is 31.3 Å². The van der Waals surface area contributed by atoms with Crippen LogP contribution in [0.4, 0.5) is 5.13 Å². The van der Waals surface area contributed by atoms with Crippen LogP contribution in [0.1, 0.15) is 23.5 Å². The van der Waals surface area contributed by atoms with E-state index in [1.165, 1.54) is 22.7 Å². The second-order valence-electron chi connectivity index (χ2n) is 6.11. The van der Waals surface area contributed by atoms with Gasteiger partial charge in [-0.3, -0.25) is 9.69 Å². The van der Waals surface area contributed by atoms with Crippen LogP contribution in [0.25, 0.3) is 10.2 Å². The van der Waals surface area contributed by atoms with Crippen LogP contribution in [0.3, 0.4) is 0 Å². The Morgan fingerprint density at radius 1 is 1.07 bits per heavy atom. The molecule has 0 aliphatic heterocycles. The molecule has 158 valence electrons. The zero-order valence-corrected chi connectivity index (χ0v) is 19.5. The lowest BCUT2D eigenvalue weighted by atomic mass is 10.3. The SMILES string of the molecule is CCN(CC)CCN(C(=O)c1cccs1)c1nc2c(OC)ccc(OC)c2s1.Cl. The number of thiazole rings is 1. The Hall–Kier alpha value is -1.87. The van der Waals surface area contributed by atoms with E-state index in [9.17, 15) is 4.79 Å². The van der Waals surface area contributed by atoms with E-state index >= 15 is 0 Å². The van der Waals surface area contributed by atoms with Crippen LogP contribution in [0.2, 0.25) is 0 Å². The van der Waals surface area contributed by atoms with Gasteiger partial charge < -0.3 is 14.4 Å². The van der Waals surface area contributed by atoms with Crippen LogP contribution in [0.15, 0.2) is 29.6 Å². The number of aromatic nitrogens is 1. The fraction of sp³-hybridized carbons (Fsp3) is 0.400. The largest absolute Gasteiger partial charge is 0.495 e. The van der Waals surface area contributed by atoms with Gasteiger partial charge in [0.05, 0.1) is 19.1 Å². The van der Waals surface area contributed by atoms with Gasteiger partial charge in [0.25, 0.3) is 5.91 Å². The second-order valence-corrected chi connectivity index (χ2v) is 8.03. The van der Waals surface area contributed by atoms with Crippen molar-refractivity contribution in [1.82, 2.24) is 9.88 Å². The number of anilines is 1. The van der Waals surface area contributed by atoms with Gasteiger partial charge in [-0.05, 0) is 36.7 Å². The molecule has 0 aliphatic carbocycles. The van der Waals surface area contributed by atoms with Gasteiger partial charge >= 0.3 is 0 Å². The molecule has 0 saturated carbocycles. The lowest BCUT2D eigenvalue weighted by Gasteiger charge is -2.24. The monoisotopic (exact) mass is 455 g/mol. The molecule has 0 bridgehead atoms. The molecule has 0 N–H and O–H groups in total. The summed E-state index contributed by atoms with van der Waals surface area (Å²) in [6, 6.07) is 7.45. The molecule has 0 saturated heterocycles. The molecule has 0 atom stereocenters. The number of carbonyl (C=O) groups excluding carboxylic acids is 1. The van der Waals surface area contributed by atoms with E-state index in [1.54, 1.807) is 19.1 Å². The van der Waals surface area contributed by atoms with Gasteiger partial charge in [-0.15, -0.1) is 23.7 Å². The van der Waals surface area contributed by atoms with E-state index in [2.05, 4.69) is 18.7 Å². The first-order chi connectivity index (χ1) is 13.6. The van der Waals surface area contributed by atoms with Crippen molar-refractivity contribution >= 4 is 56.3 Å². The van der Waals surface area contributed by atoms with E-state index in [0.29, 0.717) is 27.8 Å². The Labute approximate surface area is 185 Å². The highest BCUT2D eigenvalue weighted by molar-refractivity contribution is 7.23. The van der Waals surface area contributed by atoms with E-state index in [1.807, 2.05) is 29.6 Å². The minimum Gasteiger partial charge on any atom is -0.495 e. The topological polar surface area (TPSA) is 54.9 Å². The Kier molecular flexibility index (Phi) is 8.70. The van der Waals surface area contributed by atoms with Gasteiger partial charge in [0.2, 0.25) is 0 Å². The standard InChI is InChI=1S/C20H25N3O3S2.ClH/c1-5-22(6-2)11-12-23(19(24)16-8-7-13-27-16)20-21-17-14(25-3)9-10-15(26-4)18(17)28-20;/h7-10,13H,5-6,11-12H2,1-4H3;1H. The van der Waals surface area contributed by atoms with Crippen LogP contribution in [0, 0.1) is 0 Å². The Bertz CT molecular complexity index is 886. The predicted octanol–water partition coefficient (Wildman–Crippen LogP) is 4.79. The zero-order chi connectivity index (χ0) is 20.1. The number of carbonyl (C=O) groups is 1. The van der Waals surface area contributed by atoms with E-state index in [0.717, 1.165) is 30.1 Å². The van der Waals surface area contributed by atoms with E-state index in [-0.39, 0.29) is 18.3 Å². The maximum Gasteiger partial charge on any atom is 0.270 e. The highest BCUT2D eigenvalue weighted by atomic mass is 35.5. The first kappa shape index (κ1) is 23.4. The zero-order valence-electron chi connectivity index (χ0n) is 17.0. The van der Waals surface area contributed by atoms with Crippen molar-refractivity contribution < 1.29 is 14.3 Å². The number of rotatable bonds is 9. The average molecular weight is 456 g/mol. The maximum atomic E-state index is 13.2. The van der Waals surface area contributed by atoms with Crippen LogP contribution in [-0.2, 0) is 0 Å². The van der Waals surface area contributed by atoms with Crippen molar-refractivity contribution in [2.75, 3.05) is 45.3 Å². The Morgan fingerprint density at radius 2 is 1.76 bits per heavy atom. The number of amides is 1. The molecule has 0 fully saturated rings. The molecule has 2 aromatic heterocycles. The first-order valence-corrected chi connectivity index (χ1v) is 10.9. The summed E-state index contributed by atoms with van der Waals surface area (Å²) >= 11 is 2.90. The highest BCUT2D eigenvalue weighted by Gasteiger charge is 2.24. The summed E-state index contributed by atoms with van der Waals surface area (Å²) in [5, 5.41) is 2.57. The van der Waals surface area contributed by atoms with Gasteiger partial charge in [0.1, 0.15) is 21.7 Å².